The van der Waals surface area contributed by atoms with E-state index in [-0.39, 0.29) is 17.7 Å². The molecule has 2 aromatic carbocycles. The van der Waals surface area contributed by atoms with E-state index in [1.54, 1.807) is 0 Å². The Kier molecular flexibility index (Phi) is 6.97. The topological polar surface area (TPSA) is 88.3 Å². The molecule has 166 valence electrons. The lowest BCUT2D eigenvalue weighted by Crippen LogP contribution is -2.44. The van der Waals surface area contributed by atoms with Gasteiger partial charge in [0.1, 0.15) is 6.04 Å². The van der Waals surface area contributed by atoms with Gasteiger partial charge in [-0.05, 0) is 43.5 Å². The average Bonchev–Trinajstić information content (AvgIpc) is 3.28. The molecule has 1 saturated heterocycles. The predicted octanol–water partition coefficient (Wildman–Crippen LogP) is 4.25. The standard InChI is InChI=1S/C25H28N4O2S/c1-2-17-8-10-18(11-9-17)21-16-32-25(27-21)28-24(31)22(19-6-4-3-5-7-19)29-14-12-20(13-15-29)23(26)30/h3-11,16,20,22H,2,12-15H2,1H3,(H2,26,30)(H,27,28,31)/t22-/m0/s1. The summed E-state index contributed by atoms with van der Waals surface area (Å²) in [6, 6.07) is 17.6. The highest BCUT2D eigenvalue weighted by atomic mass is 32.1. The summed E-state index contributed by atoms with van der Waals surface area (Å²) in [5.41, 5.74) is 9.58. The number of anilines is 1. The zero-order chi connectivity index (χ0) is 22.5. The molecule has 1 aliphatic heterocycles. The largest absolute Gasteiger partial charge is 0.369 e. The van der Waals surface area contributed by atoms with Crippen molar-refractivity contribution < 1.29 is 9.59 Å². The number of benzene rings is 2. The van der Waals surface area contributed by atoms with Gasteiger partial charge in [-0.25, -0.2) is 4.98 Å². The summed E-state index contributed by atoms with van der Waals surface area (Å²) in [6.45, 7) is 3.42. The number of aryl methyl sites for hydroxylation is 1. The molecule has 0 saturated carbocycles. The van der Waals surface area contributed by atoms with Gasteiger partial charge >= 0.3 is 0 Å². The lowest BCUT2D eigenvalue weighted by atomic mass is 9.93. The number of aromatic nitrogens is 1. The molecule has 1 aliphatic rings. The third-order valence-electron chi connectivity index (χ3n) is 6.05. The number of carbonyl (C=O) groups excluding carboxylic acids is 2. The van der Waals surface area contributed by atoms with Gasteiger partial charge in [0.2, 0.25) is 11.8 Å². The highest BCUT2D eigenvalue weighted by molar-refractivity contribution is 7.14. The molecule has 4 rings (SSSR count). The summed E-state index contributed by atoms with van der Waals surface area (Å²) in [5.74, 6) is -0.491. The van der Waals surface area contributed by atoms with E-state index in [9.17, 15) is 9.59 Å². The minimum Gasteiger partial charge on any atom is -0.369 e. The normalized spacial score (nSPS) is 15.9. The van der Waals surface area contributed by atoms with E-state index < -0.39 is 6.04 Å². The van der Waals surface area contributed by atoms with Crippen LogP contribution >= 0.6 is 11.3 Å². The van der Waals surface area contributed by atoms with Gasteiger partial charge in [0.05, 0.1) is 5.69 Å². The summed E-state index contributed by atoms with van der Waals surface area (Å²) >= 11 is 1.42. The van der Waals surface area contributed by atoms with Crippen molar-refractivity contribution in [3.8, 4) is 11.3 Å². The smallest absolute Gasteiger partial charge is 0.248 e. The van der Waals surface area contributed by atoms with Crippen molar-refractivity contribution in [2.75, 3.05) is 18.4 Å². The number of nitrogens with one attached hydrogen (secondary N) is 1. The molecule has 2 heterocycles. The van der Waals surface area contributed by atoms with Crippen LogP contribution in [-0.4, -0.2) is 34.8 Å². The molecule has 32 heavy (non-hydrogen) atoms. The van der Waals surface area contributed by atoms with E-state index >= 15 is 0 Å². The average molecular weight is 449 g/mol. The molecule has 0 bridgehead atoms. The van der Waals surface area contributed by atoms with Crippen LogP contribution in [0.2, 0.25) is 0 Å². The maximum atomic E-state index is 13.4. The highest BCUT2D eigenvalue weighted by Crippen LogP contribution is 2.30. The van der Waals surface area contributed by atoms with E-state index in [4.69, 9.17) is 5.73 Å². The minimum absolute atomic E-state index is 0.115. The van der Waals surface area contributed by atoms with E-state index in [1.165, 1.54) is 16.9 Å². The van der Waals surface area contributed by atoms with Crippen LogP contribution in [0.15, 0.2) is 60.0 Å². The number of carbonyl (C=O) groups is 2. The lowest BCUT2D eigenvalue weighted by molar-refractivity contribution is -0.125. The summed E-state index contributed by atoms with van der Waals surface area (Å²) in [6.07, 6.45) is 2.33. The van der Waals surface area contributed by atoms with Gasteiger partial charge in [0, 0.05) is 16.9 Å². The first-order chi connectivity index (χ1) is 15.5. The van der Waals surface area contributed by atoms with E-state index in [1.807, 2.05) is 35.7 Å². The van der Waals surface area contributed by atoms with Crippen molar-refractivity contribution in [3.63, 3.8) is 0 Å². The van der Waals surface area contributed by atoms with Gasteiger partial charge < -0.3 is 11.1 Å². The molecule has 1 aromatic heterocycles. The van der Waals surface area contributed by atoms with Crippen LogP contribution in [0.5, 0.6) is 0 Å². The van der Waals surface area contributed by atoms with Crippen molar-refractivity contribution in [2.45, 2.75) is 32.2 Å². The van der Waals surface area contributed by atoms with Crippen molar-refractivity contribution in [1.82, 2.24) is 9.88 Å². The summed E-state index contributed by atoms with van der Waals surface area (Å²) in [5, 5.41) is 5.57. The number of hydrogen-bond donors (Lipinski definition) is 2. The number of thiazole rings is 1. The SMILES string of the molecule is CCc1ccc(-c2csc(NC(=O)[C@H](c3ccccc3)N3CCC(C(N)=O)CC3)n2)cc1. The third-order valence-corrected chi connectivity index (χ3v) is 6.81. The Morgan fingerprint density at radius 1 is 1.12 bits per heavy atom. The predicted molar refractivity (Wildman–Crippen MR) is 128 cm³/mol. The third kappa shape index (κ3) is 5.06. The molecule has 1 fully saturated rings. The molecule has 1 atom stereocenters. The van der Waals surface area contributed by atoms with Crippen LogP contribution in [0.25, 0.3) is 11.3 Å². The number of primary amides is 1. The molecule has 2 amide bonds. The van der Waals surface area contributed by atoms with Crippen LogP contribution in [0.4, 0.5) is 5.13 Å². The molecule has 7 heteroatoms. The van der Waals surface area contributed by atoms with Gasteiger partial charge in [-0.1, -0.05) is 61.5 Å². The number of rotatable bonds is 7. The molecular weight excluding hydrogens is 420 g/mol. The highest BCUT2D eigenvalue weighted by Gasteiger charge is 2.32. The molecular formula is C25H28N4O2S. The van der Waals surface area contributed by atoms with Crippen LogP contribution < -0.4 is 11.1 Å². The van der Waals surface area contributed by atoms with Gasteiger partial charge in [-0.3, -0.25) is 14.5 Å². The van der Waals surface area contributed by atoms with Crippen molar-refractivity contribution >= 4 is 28.3 Å². The van der Waals surface area contributed by atoms with Gasteiger partial charge in [0.15, 0.2) is 5.13 Å². The van der Waals surface area contributed by atoms with Crippen LogP contribution in [0.1, 0.15) is 36.9 Å². The Morgan fingerprint density at radius 2 is 1.81 bits per heavy atom. The van der Waals surface area contributed by atoms with Gasteiger partial charge in [-0.2, -0.15) is 0 Å². The quantitative estimate of drug-likeness (QED) is 0.566. The zero-order valence-corrected chi connectivity index (χ0v) is 19.0. The van der Waals surface area contributed by atoms with Crippen LogP contribution in [0, 0.1) is 5.92 Å². The molecule has 0 spiro atoms. The second kappa shape index (κ2) is 10.1. The molecule has 3 N–H and O–H groups in total. The Hall–Kier alpha value is -3.03. The molecule has 6 nitrogen and oxygen atoms in total. The Morgan fingerprint density at radius 3 is 2.44 bits per heavy atom. The summed E-state index contributed by atoms with van der Waals surface area (Å²) in [4.78, 5) is 31.7. The Labute approximate surface area is 192 Å². The monoisotopic (exact) mass is 448 g/mol. The van der Waals surface area contributed by atoms with E-state index in [0.29, 0.717) is 31.1 Å². The summed E-state index contributed by atoms with van der Waals surface area (Å²) < 4.78 is 0. The second-order valence-corrected chi connectivity index (χ2v) is 8.96. The lowest BCUT2D eigenvalue weighted by Gasteiger charge is -2.36. The van der Waals surface area contributed by atoms with Crippen molar-refractivity contribution in [1.29, 1.82) is 0 Å². The van der Waals surface area contributed by atoms with E-state index in [2.05, 4.69) is 46.4 Å². The fraction of sp³-hybridized carbons (Fsp3) is 0.320. The number of hydrogen-bond acceptors (Lipinski definition) is 5. The maximum absolute atomic E-state index is 13.4. The fourth-order valence-corrected chi connectivity index (χ4v) is 4.88. The van der Waals surface area contributed by atoms with Crippen LogP contribution in [0.3, 0.4) is 0 Å². The first-order valence-corrected chi connectivity index (χ1v) is 11.9. The molecule has 3 aromatic rings. The van der Waals surface area contributed by atoms with E-state index in [0.717, 1.165) is 23.2 Å². The van der Waals surface area contributed by atoms with Crippen LogP contribution in [-0.2, 0) is 16.0 Å². The number of nitrogens with zero attached hydrogens (tertiary/aromatic N) is 2. The first-order valence-electron chi connectivity index (χ1n) is 11.0. The number of nitrogens with two attached hydrogens (primary N) is 1. The van der Waals surface area contributed by atoms with Gasteiger partial charge in [-0.15, -0.1) is 11.3 Å². The molecule has 0 unspecified atom stereocenters. The minimum atomic E-state index is -0.443. The summed E-state index contributed by atoms with van der Waals surface area (Å²) in [7, 11) is 0. The first kappa shape index (κ1) is 22.2. The fourth-order valence-electron chi connectivity index (χ4n) is 4.15. The number of piperidine rings is 1. The maximum Gasteiger partial charge on any atom is 0.248 e. The number of likely N-dealkylation sites (tertiary alicyclic amines) is 1. The Balaban J connectivity index is 1.50. The van der Waals surface area contributed by atoms with Crippen molar-refractivity contribution in [2.24, 2.45) is 11.7 Å². The molecule has 0 radical (unpaired) electrons. The zero-order valence-electron chi connectivity index (χ0n) is 18.2. The number of amides is 2. The second-order valence-electron chi connectivity index (χ2n) is 8.10. The van der Waals surface area contributed by atoms with Crippen molar-refractivity contribution in [3.05, 3.63) is 71.1 Å². The molecule has 0 aliphatic carbocycles. The van der Waals surface area contributed by atoms with Gasteiger partial charge in [0.25, 0.3) is 0 Å². The Bertz CT molecular complexity index is 1060.